The van der Waals surface area contributed by atoms with E-state index in [2.05, 4.69) is 49.5 Å². The predicted octanol–water partition coefficient (Wildman–Crippen LogP) is 4.44. The first kappa shape index (κ1) is 14.4. The summed E-state index contributed by atoms with van der Waals surface area (Å²) in [4.78, 5) is 0. The fraction of sp³-hybridized carbons (Fsp3) is 0.333. The standard InChI is InChI=1S/C18H20ClNO/c1-12(2)20-11-15-10-16(19)4-5-17(15)13-3-6-18-14(9-13)7-8-21-18/h3-6,9-10,12,20H,7-8,11H2,1-2H3. The molecule has 0 unspecified atom stereocenters. The van der Waals surface area contributed by atoms with E-state index in [0.29, 0.717) is 6.04 Å². The van der Waals surface area contributed by atoms with Crippen LogP contribution in [-0.4, -0.2) is 12.6 Å². The van der Waals surface area contributed by atoms with Crippen molar-refractivity contribution >= 4 is 11.6 Å². The molecule has 0 aliphatic carbocycles. The van der Waals surface area contributed by atoms with Gasteiger partial charge < -0.3 is 10.1 Å². The van der Waals surface area contributed by atoms with Gasteiger partial charge in [-0.2, -0.15) is 0 Å². The number of nitrogens with one attached hydrogen (secondary N) is 1. The largest absolute Gasteiger partial charge is 0.493 e. The number of rotatable bonds is 4. The molecule has 0 radical (unpaired) electrons. The molecule has 0 fully saturated rings. The van der Waals surface area contributed by atoms with Crippen LogP contribution in [-0.2, 0) is 13.0 Å². The molecule has 2 aromatic carbocycles. The zero-order chi connectivity index (χ0) is 14.8. The van der Waals surface area contributed by atoms with Gasteiger partial charge in [-0.05, 0) is 46.5 Å². The van der Waals surface area contributed by atoms with Crippen LogP contribution in [0.2, 0.25) is 5.02 Å². The highest BCUT2D eigenvalue weighted by molar-refractivity contribution is 6.30. The van der Waals surface area contributed by atoms with Gasteiger partial charge in [0.2, 0.25) is 0 Å². The summed E-state index contributed by atoms with van der Waals surface area (Å²) >= 11 is 6.17. The Morgan fingerprint density at radius 1 is 1.19 bits per heavy atom. The minimum atomic E-state index is 0.449. The molecule has 1 N–H and O–H groups in total. The van der Waals surface area contributed by atoms with Crippen molar-refractivity contribution in [1.82, 2.24) is 5.32 Å². The van der Waals surface area contributed by atoms with Crippen LogP contribution >= 0.6 is 11.6 Å². The van der Waals surface area contributed by atoms with Gasteiger partial charge in [0, 0.05) is 24.0 Å². The lowest BCUT2D eigenvalue weighted by Crippen LogP contribution is -2.22. The summed E-state index contributed by atoms with van der Waals surface area (Å²) in [5.41, 5.74) is 5.00. The van der Waals surface area contributed by atoms with Gasteiger partial charge in [-0.25, -0.2) is 0 Å². The molecule has 21 heavy (non-hydrogen) atoms. The molecule has 1 heterocycles. The van der Waals surface area contributed by atoms with E-state index in [1.165, 1.54) is 22.3 Å². The van der Waals surface area contributed by atoms with E-state index in [-0.39, 0.29) is 0 Å². The third-order valence-electron chi connectivity index (χ3n) is 3.77. The molecule has 1 aliphatic rings. The molecule has 0 amide bonds. The number of fused-ring (bicyclic) bond motifs is 1. The van der Waals surface area contributed by atoms with Crippen molar-refractivity contribution in [3.8, 4) is 16.9 Å². The van der Waals surface area contributed by atoms with Crippen LogP contribution in [0.25, 0.3) is 11.1 Å². The summed E-state index contributed by atoms with van der Waals surface area (Å²) in [6.07, 6.45) is 0.996. The fourth-order valence-corrected chi connectivity index (χ4v) is 2.85. The van der Waals surface area contributed by atoms with Crippen LogP contribution in [0, 0.1) is 0 Å². The van der Waals surface area contributed by atoms with Crippen molar-refractivity contribution in [3.05, 3.63) is 52.5 Å². The lowest BCUT2D eigenvalue weighted by molar-refractivity contribution is 0.357. The normalized spacial score (nSPS) is 13.3. The van der Waals surface area contributed by atoms with Crippen LogP contribution < -0.4 is 10.1 Å². The summed E-state index contributed by atoms with van der Waals surface area (Å²) in [6, 6.07) is 13.0. The monoisotopic (exact) mass is 301 g/mol. The number of benzene rings is 2. The van der Waals surface area contributed by atoms with Crippen molar-refractivity contribution in [1.29, 1.82) is 0 Å². The average Bonchev–Trinajstić information content (AvgIpc) is 2.92. The molecule has 0 saturated heterocycles. The summed E-state index contributed by atoms with van der Waals surface area (Å²) < 4.78 is 5.58. The Hall–Kier alpha value is -1.51. The van der Waals surface area contributed by atoms with E-state index in [1.54, 1.807) is 0 Å². The molecule has 0 bridgehead atoms. The van der Waals surface area contributed by atoms with E-state index in [4.69, 9.17) is 16.3 Å². The SMILES string of the molecule is CC(C)NCc1cc(Cl)ccc1-c1ccc2c(c1)CCO2. The van der Waals surface area contributed by atoms with E-state index in [9.17, 15) is 0 Å². The first-order valence-electron chi connectivity index (χ1n) is 7.41. The van der Waals surface area contributed by atoms with Crippen LogP contribution in [0.5, 0.6) is 5.75 Å². The molecule has 110 valence electrons. The van der Waals surface area contributed by atoms with Crippen LogP contribution in [0.3, 0.4) is 0 Å². The van der Waals surface area contributed by atoms with Gasteiger partial charge in [0.1, 0.15) is 5.75 Å². The second-order valence-electron chi connectivity index (χ2n) is 5.76. The minimum Gasteiger partial charge on any atom is -0.493 e. The lowest BCUT2D eigenvalue weighted by Gasteiger charge is -2.14. The zero-order valence-corrected chi connectivity index (χ0v) is 13.2. The van der Waals surface area contributed by atoms with Gasteiger partial charge in [0.05, 0.1) is 6.61 Å². The van der Waals surface area contributed by atoms with Gasteiger partial charge in [0.15, 0.2) is 0 Å². The maximum absolute atomic E-state index is 6.17. The Morgan fingerprint density at radius 3 is 2.86 bits per heavy atom. The van der Waals surface area contributed by atoms with Gasteiger partial charge >= 0.3 is 0 Å². The van der Waals surface area contributed by atoms with E-state index in [0.717, 1.165) is 30.3 Å². The van der Waals surface area contributed by atoms with Crippen molar-refractivity contribution in [2.45, 2.75) is 32.9 Å². The average molecular weight is 302 g/mol. The Balaban J connectivity index is 1.97. The lowest BCUT2D eigenvalue weighted by atomic mass is 9.97. The highest BCUT2D eigenvalue weighted by Crippen LogP contribution is 2.33. The van der Waals surface area contributed by atoms with E-state index in [1.807, 2.05) is 6.07 Å². The third kappa shape index (κ3) is 3.22. The number of ether oxygens (including phenoxy) is 1. The molecule has 3 rings (SSSR count). The maximum Gasteiger partial charge on any atom is 0.122 e. The van der Waals surface area contributed by atoms with Crippen molar-refractivity contribution in [2.75, 3.05) is 6.61 Å². The molecule has 0 saturated carbocycles. The second kappa shape index (κ2) is 6.08. The Morgan fingerprint density at radius 2 is 2.05 bits per heavy atom. The Kier molecular flexibility index (Phi) is 4.18. The van der Waals surface area contributed by atoms with Gasteiger partial charge in [-0.1, -0.05) is 37.6 Å². The number of halogens is 1. The predicted molar refractivity (Wildman–Crippen MR) is 88.1 cm³/mol. The van der Waals surface area contributed by atoms with E-state index >= 15 is 0 Å². The Labute approximate surface area is 131 Å². The second-order valence-corrected chi connectivity index (χ2v) is 6.19. The van der Waals surface area contributed by atoms with Crippen molar-refractivity contribution in [3.63, 3.8) is 0 Å². The first-order chi connectivity index (χ1) is 10.1. The van der Waals surface area contributed by atoms with Gasteiger partial charge in [-0.15, -0.1) is 0 Å². The Bertz CT molecular complexity index is 652. The minimum absolute atomic E-state index is 0.449. The quantitative estimate of drug-likeness (QED) is 0.901. The topological polar surface area (TPSA) is 21.3 Å². The van der Waals surface area contributed by atoms with Crippen LogP contribution in [0.1, 0.15) is 25.0 Å². The summed E-state index contributed by atoms with van der Waals surface area (Å²) in [7, 11) is 0. The fourth-order valence-electron chi connectivity index (χ4n) is 2.66. The summed E-state index contributed by atoms with van der Waals surface area (Å²) in [5.74, 6) is 1.02. The third-order valence-corrected chi connectivity index (χ3v) is 4.00. The molecule has 2 aromatic rings. The van der Waals surface area contributed by atoms with Crippen LogP contribution in [0.4, 0.5) is 0 Å². The molecule has 0 aromatic heterocycles. The smallest absolute Gasteiger partial charge is 0.122 e. The van der Waals surface area contributed by atoms with Gasteiger partial charge in [-0.3, -0.25) is 0 Å². The molecular formula is C18H20ClNO. The number of hydrogen-bond acceptors (Lipinski definition) is 2. The van der Waals surface area contributed by atoms with Gasteiger partial charge in [0.25, 0.3) is 0 Å². The van der Waals surface area contributed by atoms with Crippen molar-refractivity contribution < 1.29 is 4.74 Å². The van der Waals surface area contributed by atoms with E-state index < -0.39 is 0 Å². The molecule has 0 spiro atoms. The zero-order valence-electron chi connectivity index (χ0n) is 12.4. The van der Waals surface area contributed by atoms with Crippen LogP contribution in [0.15, 0.2) is 36.4 Å². The highest BCUT2D eigenvalue weighted by atomic mass is 35.5. The molecule has 1 aliphatic heterocycles. The molecule has 2 nitrogen and oxygen atoms in total. The summed E-state index contributed by atoms with van der Waals surface area (Å²) in [6.45, 7) is 5.91. The van der Waals surface area contributed by atoms with Crippen molar-refractivity contribution in [2.24, 2.45) is 0 Å². The molecule has 0 atom stereocenters. The maximum atomic E-state index is 6.17. The number of hydrogen-bond donors (Lipinski definition) is 1. The first-order valence-corrected chi connectivity index (χ1v) is 7.79. The summed E-state index contributed by atoms with van der Waals surface area (Å²) in [5, 5.41) is 4.25. The highest BCUT2D eigenvalue weighted by Gasteiger charge is 2.14. The molecular weight excluding hydrogens is 282 g/mol. The molecule has 3 heteroatoms.